The first-order chi connectivity index (χ1) is 12.6. The summed E-state index contributed by atoms with van der Waals surface area (Å²) in [5, 5.41) is 5.60. The third-order valence-electron chi connectivity index (χ3n) is 4.69. The maximum absolute atomic E-state index is 12.2. The van der Waals surface area contributed by atoms with Crippen LogP contribution in [0.4, 0.5) is 5.69 Å². The molecule has 2 amide bonds. The summed E-state index contributed by atoms with van der Waals surface area (Å²) in [6.45, 7) is 6.74. The summed E-state index contributed by atoms with van der Waals surface area (Å²) in [7, 11) is 1.59. The second-order valence-electron chi connectivity index (χ2n) is 6.36. The van der Waals surface area contributed by atoms with E-state index in [1.807, 2.05) is 0 Å². The first kappa shape index (κ1) is 18.2. The summed E-state index contributed by atoms with van der Waals surface area (Å²) in [6.07, 6.45) is 0.0241. The molecule has 1 unspecified atom stereocenters. The zero-order valence-electron chi connectivity index (χ0n) is 15.2. The van der Waals surface area contributed by atoms with Gasteiger partial charge in [-0.25, -0.2) is 4.99 Å². The number of rotatable bonds is 5. The molecule has 1 fully saturated rings. The second kappa shape index (κ2) is 8.18. The van der Waals surface area contributed by atoms with Crippen molar-refractivity contribution in [2.24, 2.45) is 4.99 Å². The molecule has 2 aliphatic rings. The fraction of sp³-hybridized carbons (Fsp3) is 0.500. The Bertz CT molecular complexity index is 681. The average Bonchev–Trinajstić information content (AvgIpc) is 3.02. The molecule has 2 N–H and O–H groups in total. The summed E-state index contributed by atoms with van der Waals surface area (Å²) in [6, 6.07) is 6.38. The number of aliphatic imine (C=N–C) groups is 1. The highest BCUT2D eigenvalue weighted by atomic mass is 16.5. The first-order valence-electron chi connectivity index (χ1n) is 8.89. The van der Waals surface area contributed by atoms with Crippen LogP contribution in [-0.4, -0.2) is 73.4 Å². The van der Waals surface area contributed by atoms with Crippen molar-refractivity contribution < 1.29 is 14.3 Å². The number of carbonyl (C=O) groups excluding carboxylic acids is 2. The molecule has 0 bridgehead atoms. The number of nitrogens with one attached hydrogen (secondary N) is 2. The summed E-state index contributed by atoms with van der Waals surface area (Å²) >= 11 is 0. The summed E-state index contributed by atoms with van der Waals surface area (Å²) in [5.74, 6) is 0.850. The number of hydrogen-bond acceptors (Lipinski definition) is 6. The third kappa shape index (κ3) is 4.32. The van der Waals surface area contributed by atoms with E-state index in [4.69, 9.17) is 4.74 Å². The minimum absolute atomic E-state index is 0.0241. The van der Waals surface area contributed by atoms with E-state index >= 15 is 0 Å². The first-order valence-corrected chi connectivity index (χ1v) is 8.89. The fourth-order valence-electron chi connectivity index (χ4n) is 3.07. The van der Waals surface area contributed by atoms with Crippen LogP contribution in [0.3, 0.4) is 0 Å². The monoisotopic (exact) mass is 359 g/mol. The van der Waals surface area contributed by atoms with Gasteiger partial charge in [-0.05, 0) is 30.8 Å². The Kier molecular flexibility index (Phi) is 5.72. The number of likely N-dealkylation sites (N-methyl/N-ethyl adjacent to an activating group) is 1. The van der Waals surface area contributed by atoms with E-state index in [0.717, 1.165) is 38.5 Å². The quantitative estimate of drug-likeness (QED) is 0.800. The highest BCUT2D eigenvalue weighted by molar-refractivity contribution is 6.07. The van der Waals surface area contributed by atoms with Crippen LogP contribution in [0.5, 0.6) is 5.75 Å². The third-order valence-corrected chi connectivity index (χ3v) is 4.69. The minimum Gasteiger partial charge on any atom is -0.497 e. The number of nitrogens with zero attached hydrogens (tertiary/aromatic N) is 3. The molecule has 8 nitrogen and oxygen atoms in total. The number of guanidine groups is 1. The van der Waals surface area contributed by atoms with Gasteiger partial charge in [0.2, 0.25) is 11.9 Å². The zero-order chi connectivity index (χ0) is 18.5. The van der Waals surface area contributed by atoms with E-state index in [9.17, 15) is 9.59 Å². The highest BCUT2D eigenvalue weighted by Gasteiger charge is 2.32. The van der Waals surface area contributed by atoms with Crippen molar-refractivity contribution in [2.45, 2.75) is 19.4 Å². The fourth-order valence-corrected chi connectivity index (χ4v) is 3.07. The van der Waals surface area contributed by atoms with Gasteiger partial charge < -0.3 is 19.9 Å². The summed E-state index contributed by atoms with van der Waals surface area (Å²) in [5.41, 5.74) is 0.661. The van der Waals surface area contributed by atoms with E-state index in [1.165, 1.54) is 0 Å². The topological polar surface area (TPSA) is 86.3 Å². The predicted molar refractivity (Wildman–Crippen MR) is 99.3 cm³/mol. The van der Waals surface area contributed by atoms with Crippen LogP contribution >= 0.6 is 0 Å². The number of hydrogen-bond donors (Lipinski definition) is 2. The Morgan fingerprint density at radius 3 is 2.58 bits per heavy atom. The average molecular weight is 359 g/mol. The number of methoxy groups -OCH3 is 1. The number of piperazine rings is 1. The number of carbonyl (C=O) groups is 2. The van der Waals surface area contributed by atoms with Gasteiger partial charge in [0, 0.05) is 31.9 Å². The zero-order valence-corrected chi connectivity index (χ0v) is 15.2. The van der Waals surface area contributed by atoms with Crippen LogP contribution in [0.25, 0.3) is 0 Å². The SMILES string of the molecule is CCN1CCN(C2=NC(CC(=O)Nc3ccc(OC)cc3)C(=O)N2)CC1. The van der Waals surface area contributed by atoms with Crippen molar-refractivity contribution in [2.75, 3.05) is 45.2 Å². The number of ether oxygens (including phenoxy) is 1. The smallest absolute Gasteiger partial charge is 0.252 e. The van der Waals surface area contributed by atoms with Gasteiger partial charge in [-0.2, -0.15) is 0 Å². The molecule has 2 heterocycles. The Balaban J connectivity index is 1.54. The Hall–Kier alpha value is -2.61. The van der Waals surface area contributed by atoms with Gasteiger partial charge in [0.1, 0.15) is 11.8 Å². The molecule has 1 saturated heterocycles. The Morgan fingerprint density at radius 1 is 1.27 bits per heavy atom. The highest BCUT2D eigenvalue weighted by Crippen LogP contribution is 2.16. The van der Waals surface area contributed by atoms with Crippen LogP contribution in [0.15, 0.2) is 29.3 Å². The summed E-state index contributed by atoms with van der Waals surface area (Å²) < 4.78 is 5.09. The molecule has 140 valence electrons. The lowest BCUT2D eigenvalue weighted by Gasteiger charge is -2.34. The van der Waals surface area contributed by atoms with Crippen LogP contribution in [0.2, 0.25) is 0 Å². The standard InChI is InChI=1S/C18H25N5O3/c1-3-22-8-10-23(11-9-22)18-20-15(17(25)21-18)12-16(24)19-13-4-6-14(26-2)7-5-13/h4-7,15H,3,8-12H2,1-2H3,(H,19,24)(H,20,21,25). The van der Waals surface area contributed by atoms with Gasteiger partial charge >= 0.3 is 0 Å². The number of amides is 2. The maximum atomic E-state index is 12.2. The van der Waals surface area contributed by atoms with E-state index in [2.05, 4.69) is 32.3 Å². The molecule has 1 atom stereocenters. The van der Waals surface area contributed by atoms with E-state index in [-0.39, 0.29) is 18.2 Å². The van der Waals surface area contributed by atoms with Gasteiger partial charge in [0.25, 0.3) is 5.91 Å². The molecule has 8 heteroatoms. The molecule has 3 rings (SSSR count). The normalized spacial score (nSPS) is 20.5. The molecule has 2 aliphatic heterocycles. The molecule has 0 spiro atoms. The molecule has 26 heavy (non-hydrogen) atoms. The second-order valence-corrected chi connectivity index (χ2v) is 6.36. The van der Waals surface area contributed by atoms with Gasteiger partial charge in [-0.3, -0.25) is 14.9 Å². The van der Waals surface area contributed by atoms with Gasteiger partial charge in [0.05, 0.1) is 13.5 Å². The Morgan fingerprint density at radius 2 is 1.96 bits per heavy atom. The number of benzene rings is 1. The summed E-state index contributed by atoms with van der Waals surface area (Å²) in [4.78, 5) is 33.2. The number of anilines is 1. The Labute approximate surface area is 153 Å². The van der Waals surface area contributed by atoms with Crippen LogP contribution in [0.1, 0.15) is 13.3 Å². The van der Waals surface area contributed by atoms with E-state index in [0.29, 0.717) is 11.6 Å². The molecule has 0 aromatic heterocycles. The molecule has 1 aromatic rings. The largest absolute Gasteiger partial charge is 0.497 e. The molecule has 0 aliphatic carbocycles. The molecule has 0 radical (unpaired) electrons. The van der Waals surface area contributed by atoms with E-state index < -0.39 is 6.04 Å². The van der Waals surface area contributed by atoms with Crippen molar-refractivity contribution >= 4 is 23.5 Å². The minimum atomic E-state index is -0.674. The van der Waals surface area contributed by atoms with Crippen LogP contribution < -0.4 is 15.4 Å². The maximum Gasteiger partial charge on any atom is 0.252 e. The van der Waals surface area contributed by atoms with E-state index in [1.54, 1.807) is 31.4 Å². The lowest BCUT2D eigenvalue weighted by molar-refractivity contribution is -0.124. The van der Waals surface area contributed by atoms with Gasteiger partial charge in [-0.15, -0.1) is 0 Å². The van der Waals surface area contributed by atoms with Gasteiger partial charge in [-0.1, -0.05) is 6.92 Å². The molecular weight excluding hydrogens is 334 g/mol. The van der Waals surface area contributed by atoms with Crippen molar-refractivity contribution in [3.63, 3.8) is 0 Å². The van der Waals surface area contributed by atoms with Crippen LogP contribution in [0, 0.1) is 0 Å². The van der Waals surface area contributed by atoms with Crippen molar-refractivity contribution in [1.29, 1.82) is 0 Å². The van der Waals surface area contributed by atoms with Crippen molar-refractivity contribution in [3.8, 4) is 5.75 Å². The van der Waals surface area contributed by atoms with Crippen molar-refractivity contribution in [1.82, 2.24) is 15.1 Å². The van der Waals surface area contributed by atoms with Crippen molar-refractivity contribution in [3.05, 3.63) is 24.3 Å². The molecule has 0 saturated carbocycles. The lowest BCUT2D eigenvalue weighted by Crippen LogP contribution is -2.51. The molecular formula is C18H25N5O3. The predicted octanol–water partition coefficient (Wildman–Crippen LogP) is 0.516. The van der Waals surface area contributed by atoms with Gasteiger partial charge in [0.15, 0.2) is 0 Å². The molecule has 1 aromatic carbocycles. The lowest BCUT2D eigenvalue weighted by atomic mass is 10.2. The van der Waals surface area contributed by atoms with Crippen LogP contribution in [-0.2, 0) is 9.59 Å².